The lowest BCUT2D eigenvalue weighted by atomic mass is 10.1. The van der Waals surface area contributed by atoms with Crippen molar-refractivity contribution in [2.24, 2.45) is 5.92 Å². The molecule has 2 aromatic rings. The van der Waals surface area contributed by atoms with Gasteiger partial charge in [-0.1, -0.05) is 13.0 Å². The number of carbonyl (C=O) groups excluding carboxylic acids is 1. The van der Waals surface area contributed by atoms with Crippen LogP contribution in [0.5, 0.6) is 0 Å². The van der Waals surface area contributed by atoms with E-state index in [4.69, 9.17) is 0 Å². The molecule has 0 aliphatic carbocycles. The number of amides is 1. The average molecular weight is 311 g/mol. The van der Waals surface area contributed by atoms with E-state index in [1.807, 2.05) is 45.2 Å². The lowest BCUT2D eigenvalue weighted by molar-refractivity contribution is -0.119. The highest BCUT2D eigenvalue weighted by Crippen LogP contribution is 2.15. The highest BCUT2D eigenvalue weighted by atomic mass is 35.5. The number of aromatic nitrogens is 4. The third kappa shape index (κ3) is 4.24. The minimum absolute atomic E-state index is 0. The van der Waals surface area contributed by atoms with Gasteiger partial charge in [-0.2, -0.15) is 4.68 Å². The van der Waals surface area contributed by atoms with Crippen LogP contribution in [-0.2, 0) is 4.79 Å². The zero-order valence-corrected chi connectivity index (χ0v) is 13.0. The summed E-state index contributed by atoms with van der Waals surface area (Å²) in [4.78, 5) is 12.0. The van der Waals surface area contributed by atoms with Crippen LogP contribution in [-0.4, -0.2) is 39.7 Å². The first-order chi connectivity index (χ1) is 9.61. The minimum atomic E-state index is -0.0987. The fraction of sp³-hybridized carbons (Fsp3) is 0.385. The Morgan fingerprint density at radius 2 is 2.19 bits per heavy atom. The van der Waals surface area contributed by atoms with Crippen molar-refractivity contribution in [2.45, 2.75) is 13.8 Å². The number of aryl methyl sites for hydroxylation is 1. The minimum Gasteiger partial charge on any atom is -0.326 e. The molecule has 0 fully saturated rings. The highest BCUT2D eigenvalue weighted by molar-refractivity contribution is 5.92. The first kappa shape index (κ1) is 17.1. The molecule has 1 amide bonds. The Bertz CT molecular complexity index is 600. The van der Waals surface area contributed by atoms with E-state index in [9.17, 15) is 4.79 Å². The second kappa shape index (κ2) is 7.70. The number of anilines is 1. The number of nitrogens with zero attached hydrogens (tertiary/aromatic N) is 4. The lowest BCUT2D eigenvalue weighted by Gasteiger charge is -2.12. The van der Waals surface area contributed by atoms with Gasteiger partial charge >= 0.3 is 0 Å². The van der Waals surface area contributed by atoms with Crippen molar-refractivity contribution in [2.75, 3.05) is 18.9 Å². The predicted octanol–water partition coefficient (Wildman–Crippen LogP) is 1.19. The van der Waals surface area contributed by atoms with Gasteiger partial charge in [0.15, 0.2) is 5.82 Å². The van der Waals surface area contributed by atoms with Gasteiger partial charge in [0.05, 0.1) is 5.69 Å². The molecule has 0 saturated carbocycles. The third-order valence-corrected chi connectivity index (χ3v) is 2.94. The summed E-state index contributed by atoms with van der Waals surface area (Å²) in [7, 11) is 1.82. The summed E-state index contributed by atoms with van der Waals surface area (Å²) in [6.45, 7) is 4.33. The summed E-state index contributed by atoms with van der Waals surface area (Å²) < 4.78 is 1.62. The molecule has 1 aromatic heterocycles. The summed E-state index contributed by atoms with van der Waals surface area (Å²) in [5.74, 6) is 0.570. The Morgan fingerprint density at radius 3 is 2.81 bits per heavy atom. The Labute approximate surface area is 129 Å². The monoisotopic (exact) mass is 310 g/mol. The highest BCUT2D eigenvalue weighted by Gasteiger charge is 2.12. The van der Waals surface area contributed by atoms with Crippen LogP contribution in [0.4, 0.5) is 5.69 Å². The molecule has 8 heteroatoms. The molecular weight excluding hydrogens is 292 g/mol. The van der Waals surface area contributed by atoms with Crippen molar-refractivity contribution < 1.29 is 4.79 Å². The van der Waals surface area contributed by atoms with Crippen molar-refractivity contribution >= 4 is 24.0 Å². The number of hydrogen-bond donors (Lipinski definition) is 2. The van der Waals surface area contributed by atoms with Gasteiger partial charge in [-0.15, -0.1) is 17.5 Å². The molecule has 1 aromatic carbocycles. The molecule has 0 spiro atoms. The molecule has 7 nitrogen and oxygen atoms in total. The van der Waals surface area contributed by atoms with Crippen molar-refractivity contribution in [3.05, 3.63) is 30.1 Å². The van der Waals surface area contributed by atoms with Crippen molar-refractivity contribution in [3.8, 4) is 5.69 Å². The first-order valence-electron chi connectivity index (χ1n) is 6.42. The number of rotatable bonds is 5. The number of carbonyl (C=O) groups is 1. The van der Waals surface area contributed by atoms with E-state index in [1.165, 1.54) is 0 Å². The van der Waals surface area contributed by atoms with E-state index in [2.05, 4.69) is 26.2 Å². The fourth-order valence-electron chi connectivity index (χ4n) is 1.85. The van der Waals surface area contributed by atoms with E-state index < -0.39 is 0 Å². The van der Waals surface area contributed by atoms with Gasteiger partial charge in [0.25, 0.3) is 0 Å². The van der Waals surface area contributed by atoms with Crippen LogP contribution in [0.1, 0.15) is 12.7 Å². The van der Waals surface area contributed by atoms with Gasteiger partial charge in [-0.3, -0.25) is 4.79 Å². The number of nitrogens with one attached hydrogen (secondary N) is 2. The third-order valence-electron chi connectivity index (χ3n) is 2.94. The maximum absolute atomic E-state index is 12.0. The Hall–Kier alpha value is -1.99. The summed E-state index contributed by atoms with van der Waals surface area (Å²) in [6, 6.07) is 7.42. The Balaban J connectivity index is 0.00000220. The molecule has 1 heterocycles. The summed E-state index contributed by atoms with van der Waals surface area (Å²) in [5.41, 5.74) is 1.54. The number of benzene rings is 1. The molecular formula is C13H19ClN6O. The zero-order valence-electron chi connectivity index (χ0n) is 12.2. The second-order valence-corrected chi connectivity index (χ2v) is 4.64. The SMILES string of the molecule is CNCC(C)C(=O)Nc1cccc(-n2nnnc2C)c1.Cl. The van der Waals surface area contributed by atoms with Crippen LogP contribution < -0.4 is 10.6 Å². The van der Waals surface area contributed by atoms with E-state index in [0.717, 1.165) is 11.4 Å². The normalized spacial score (nSPS) is 11.6. The van der Waals surface area contributed by atoms with E-state index in [0.29, 0.717) is 12.4 Å². The molecule has 0 aliphatic heterocycles. The zero-order chi connectivity index (χ0) is 14.5. The van der Waals surface area contributed by atoms with Crippen LogP contribution in [0.3, 0.4) is 0 Å². The number of hydrogen-bond acceptors (Lipinski definition) is 5. The van der Waals surface area contributed by atoms with Crippen LogP contribution in [0.15, 0.2) is 24.3 Å². The molecule has 0 bridgehead atoms. The Morgan fingerprint density at radius 1 is 1.43 bits per heavy atom. The lowest BCUT2D eigenvalue weighted by Crippen LogP contribution is -2.28. The van der Waals surface area contributed by atoms with Gasteiger partial charge in [-0.05, 0) is 42.6 Å². The molecule has 21 heavy (non-hydrogen) atoms. The van der Waals surface area contributed by atoms with Gasteiger partial charge in [0.2, 0.25) is 5.91 Å². The van der Waals surface area contributed by atoms with E-state index in [1.54, 1.807) is 4.68 Å². The van der Waals surface area contributed by atoms with Crippen LogP contribution in [0.2, 0.25) is 0 Å². The summed E-state index contributed by atoms with van der Waals surface area (Å²) in [6.07, 6.45) is 0. The largest absolute Gasteiger partial charge is 0.326 e. The maximum atomic E-state index is 12.0. The summed E-state index contributed by atoms with van der Waals surface area (Å²) in [5, 5.41) is 17.2. The average Bonchev–Trinajstić information content (AvgIpc) is 2.85. The molecule has 0 saturated heterocycles. The quantitative estimate of drug-likeness (QED) is 0.866. The van der Waals surface area contributed by atoms with E-state index in [-0.39, 0.29) is 24.2 Å². The van der Waals surface area contributed by atoms with Crippen molar-refractivity contribution in [1.29, 1.82) is 0 Å². The van der Waals surface area contributed by atoms with Crippen LogP contribution in [0.25, 0.3) is 5.69 Å². The molecule has 1 atom stereocenters. The van der Waals surface area contributed by atoms with E-state index >= 15 is 0 Å². The molecule has 0 aliphatic rings. The maximum Gasteiger partial charge on any atom is 0.228 e. The Kier molecular flexibility index (Phi) is 6.26. The molecule has 2 N–H and O–H groups in total. The molecule has 114 valence electrons. The smallest absolute Gasteiger partial charge is 0.228 e. The van der Waals surface area contributed by atoms with Crippen molar-refractivity contribution in [1.82, 2.24) is 25.5 Å². The summed E-state index contributed by atoms with van der Waals surface area (Å²) >= 11 is 0. The first-order valence-corrected chi connectivity index (χ1v) is 6.42. The van der Waals surface area contributed by atoms with Crippen LogP contribution >= 0.6 is 12.4 Å². The number of tetrazole rings is 1. The van der Waals surface area contributed by atoms with Gasteiger partial charge in [0.1, 0.15) is 0 Å². The van der Waals surface area contributed by atoms with Crippen molar-refractivity contribution in [3.63, 3.8) is 0 Å². The molecule has 1 unspecified atom stereocenters. The molecule has 2 rings (SSSR count). The molecule has 0 radical (unpaired) electrons. The van der Waals surface area contributed by atoms with Gasteiger partial charge < -0.3 is 10.6 Å². The predicted molar refractivity (Wildman–Crippen MR) is 82.9 cm³/mol. The topological polar surface area (TPSA) is 84.7 Å². The van der Waals surface area contributed by atoms with Crippen LogP contribution in [0, 0.1) is 12.8 Å². The fourth-order valence-corrected chi connectivity index (χ4v) is 1.85. The number of halogens is 1. The standard InChI is InChI=1S/C13H18N6O.ClH/c1-9(8-14-3)13(20)15-11-5-4-6-12(7-11)19-10(2)16-17-18-19;/h4-7,9,14H,8H2,1-3H3,(H,15,20);1H. The second-order valence-electron chi connectivity index (χ2n) is 4.64. The van der Waals surface area contributed by atoms with Gasteiger partial charge in [-0.25, -0.2) is 0 Å². The van der Waals surface area contributed by atoms with Gasteiger partial charge in [0, 0.05) is 18.2 Å².